The van der Waals surface area contributed by atoms with Crippen LogP contribution in [0, 0.1) is 0 Å². The third kappa shape index (κ3) is 3.93. The largest absolute Gasteiger partial charge is 0.497 e. The summed E-state index contributed by atoms with van der Waals surface area (Å²) in [6.45, 7) is 0.297. The van der Waals surface area contributed by atoms with Crippen LogP contribution in [0.1, 0.15) is 5.56 Å². The zero-order valence-electron chi connectivity index (χ0n) is 15.5. The van der Waals surface area contributed by atoms with E-state index in [9.17, 15) is 0 Å². The summed E-state index contributed by atoms with van der Waals surface area (Å²) >= 11 is 6.15. The molecule has 0 atom stereocenters. The summed E-state index contributed by atoms with van der Waals surface area (Å²) < 4.78 is 23.6. The molecule has 0 N–H and O–H groups in total. The average molecular weight is 390 g/mol. The Labute approximate surface area is 162 Å². The van der Waals surface area contributed by atoms with Crippen LogP contribution in [0.15, 0.2) is 36.4 Å². The Balaban J connectivity index is 1.90. The number of nitrogens with zero attached hydrogens (tertiary/aromatic N) is 3. The van der Waals surface area contributed by atoms with Gasteiger partial charge in [-0.15, -0.1) is 0 Å². The van der Waals surface area contributed by atoms with Crippen molar-refractivity contribution in [1.29, 1.82) is 0 Å². The fourth-order valence-corrected chi connectivity index (χ4v) is 2.74. The molecule has 3 rings (SSSR count). The number of halogens is 1. The quantitative estimate of drug-likeness (QED) is 0.613. The molecule has 1 aromatic carbocycles. The van der Waals surface area contributed by atoms with Crippen LogP contribution in [0.5, 0.6) is 23.5 Å². The smallest absolute Gasteiger partial charge is 0.323 e. The summed E-state index contributed by atoms with van der Waals surface area (Å²) in [6, 6.07) is 11.3. The molecular formula is C19H20ClN3O4. The zero-order valence-corrected chi connectivity index (χ0v) is 16.3. The number of benzene rings is 1. The van der Waals surface area contributed by atoms with Gasteiger partial charge in [0.05, 0.1) is 27.0 Å². The number of rotatable bonds is 7. The van der Waals surface area contributed by atoms with Gasteiger partial charge < -0.3 is 23.5 Å². The van der Waals surface area contributed by atoms with E-state index in [1.165, 1.54) is 14.2 Å². The number of hydrogen-bond acceptors (Lipinski definition) is 6. The van der Waals surface area contributed by atoms with Crippen molar-refractivity contribution >= 4 is 11.6 Å². The molecular weight excluding hydrogens is 370 g/mol. The third-order valence-electron chi connectivity index (χ3n) is 4.05. The molecule has 2 aromatic heterocycles. The van der Waals surface area contributed by atoms with Crippen molar-refractivity contribution in [3.8, 4) is 34.8 Å². The maximum atomic E-state index is 6.15. The van der Waals surface area contributed by atoms with E-state index in [4.69, 9.17) is 30.5 Å². The highest BCUT2D eigenvalue weighted by Gasteiger charge is 2.21. The maximum absolute atomic E-state index is 6.15. The van der Waals surface area contributed by atoms with Crippen molar-refractivity contribution < 1.29 is 18.9 Å². The minimum Gasteiger partial charge on any atom is -0.497 e. The average Bonchev–Trinajstić information content (AvgIpc) is 3.04. The molecule has 3 aromatic rings. The molecule has 0 saturated heterocycles. The molecule has 0 aliphatic heterocycles. The molecule has 0 saturated carbocycles. The van der Waals surface area contributed by atoms with Crippen LogP contribution >= 0.6 is 11.6 Å². The summed E-state index contributed by atoms with van der Waals surface area (Å²) in [5.74, 6) is 1.46. The van der Waals surface area contributed by atoms with Gasteiger partial charge in [-0.3, -0.25) is 0 Å². The van der Waals surface area contributed by atoms with Crippen LogP contribution in [-0.4, -0.2) is 35.9 Å². The predicted molar refractivity (Wildman–Crippen MR) is 102 cm³/mol. The molecule has 2 heterocycles. The highest BCUT2D eigenvalue weighted by molar-refractivity contribution is 6.30. The van der Waals surface area contributed by atoms with Gasteiger partial charge in [0, 0.05) is 7.05 Å². The van der Waals surface area contributed by atoms with E-state index in [1.54, 1.807) is 17.7 Å². The van der Waals surface area contributed by atoms with E-state index in [0.29, 0.717) is 29.1 Å². The maximum Gasteiger partial charge on any atom is 0.323 e. The first-order valence-corrected chi connectivity index (χ1v) is 8.52. The lowest BCUT2D eigenvalue weighted by Gasteiger charge is -2.14. The molecule has 0 spiro atoms. The van der Waals surface area contributed by atoms with Crippen molar-refractivity contribution in [2.45, 2.75) is 6.61 Å². The fraction of sp³-hybridized carbons (Fsp3) is 0.263. The molecule has 142 valence electrons. The Morgan fingerprint density at radius 3 is 2.00 bits per heavy atom. The van der Waals surface area contributed by atoms with E-state index in [-0.39, 0.29) is 6.01 Å². The number of ether oxygens (including phenoxy) is 4. The number of aromatic nitrogens is 3. The second-order valence-electron chi connectivity index (χ2n) is 5.64. The van der Waals surface area contributed by atoms with E-state index >= 15 is 0 Å². The summed E-state index contributed by atoms with van der Waals surface area (Å²) in [7, 11) is 6.52. The lowest BCUT2D eigenvalue weighted by atomic mass is 10.2. The zero-order chi connectivity index (χ0) is 19.4. The Hall–Kier alpha value is -2.93. The lowest BCUT2D eigenvalue weighted by molar-refractivity contribution is 0.266. The Kier molecular flexibility index (Phi) is 5.71. The van der Waals surface area contributed by atoms with E-state index < -0.39 is 0 Å². The van der Waals surface area contributed by atoms with Crippen molar-refractivity contribution in [1.82, 2.24) is 14.5 Å². The number of methoxy groups -OCH3 is 3. The van der Waals surface area contributed by atoms with Crippen molar-refractivity contribution in [2.75, 3.05) is 21.3 Å². The molecule has 7 nitrogen and oxygen atoms in total. The van der Waals surface area contributed by atoms with Gasteiger partial charge in [-0.25, -0.2) is 0 Å². The van der Waals surface area contributed by atoms with E-state index in [2.05, 4.69) is 9.97 Å². The van der Waals surface area contributed by atoms with Crippen LogP contribution in [0.3, 0.4) is 0 Å². The van der Waals surface area contributed by atoms with Gasteiger partial charge >= 0.3 is 6.01 Å². The first-order chi connectivity index (χ1) is 13.1. The first-order valence-electron chi connectivity index (χ1n) is 8.14. The molecule has 0 unspecified atom stereocenters. The molecule has 0 amide bonds. The van der Waals surface area contributed by atoms with Gasteiger partial charge in [0.25, 0.3) is 0 Å². The van der Waals surface area contributed by atoms with Crippen molar-refractivity contribution in [3.05, 3.63) is 47.1 Å². The topological polar surface area (TPSA) is 67.6 Å². The summed E-state index contributed by atoms with van der Waals surface area (Å²) in [4.78, 5) is 8.72. The van der Waals surface area contributed by atoms with E-state index in [0.717, 1.165) is 17.0 Å². The Bertz CT molecular complexity index is 900. The third-order valence-corrected chi connectivity index (χ3v) is 4.43. The summed E-state index contributed by atoms with van der Waals surface area (Å²) in [5.41, 5.74) is 2.33. The molecule has 0 aliphatic carbocycles. The number of hydrogen-bond donors (Lipinski definition) is 0. The second-order valence-corrected chi connectivity index (χ2v) is 6.02. The van der Waals surface area contributed by atoms with Gasteiger partial charge in [-0.2, -0.15) is 9.97 Å². The first kappa shape index (κ1) is 18.8. The molecule has 0 radical (unpaired) electrons. The van der Waals surface area contributed by atoms with Gasteiger partial charge in [-0.1, -0.05) is 23.7 Å². The molecule has 8 heteroatoms. The van der Waals surface area contributed by atoms with Crippen molar-refractivity contribution in [2.24, 2.45) is 7.05 Å². The van der Waals surface area contributed by atoms with Crippen LogP contribution in [0.25, 0.3) is 11.3 Å². The van der Waals surface area contributed by atoms with Crippen LogP contribution < -0.4 is 18.9 Å². The van der Waals surface area contributed by atoms with Crippen LogP contribution in [0.2, 0.25) is 5.15 Å². The molecule has 0 bridgehead atoms. The standard InChI is InChI=1S/C19H20ClN3O4/c1-23-14(9-10-15(23)20)16-17(25-3)21-19(22-18(16)26-4)27-11-12-5-7-13(24-2)8-6-12/h5-10H,11H2,1-4H3. The predicted octanol–water partition coefficient (Wildman–Crippen LogP) is 3.74. The van der Waals surface area contributed by atoms with Gasteiger partial charge in [0.15, 0.2) is 0 Å². The fourth-order valence-electron chi connectivity index (χ4n) is 2.59. The Morgan fingerprint density at radius 2 is 1.52 bits per heavy atom. The van der Waals surface area contributed by atoms with E-state index in [1.807, 2.05) is 37.4 Å². The summed E-state index contributed by atoms with van der Waals surface area (Å²) in [5, 5.41) is 0.578. The Morgan fingerprint density at radius 1 is 0.889 bits per heavy atom. The van der Waals surface area contributed by atoms with Crippen LogP contribution in [-0.2, 0) is 13.7 Å². The van der Waals surface area contributed by atoms with Gasteiger partial charge in [0.2, 0.25) is 11.8 Å². The van der Waals surface area contributed by atoms with Gasteiger partial charge in [0.1, 0.15) is 23.1 Å². The highest BCUT2D eigenvalue weighted by Crippen LogP contribution is 2.38. The second kappa shape index (κ2) is 8.18. The van der Waals surface area contributed by atoms with Crippen molar-refractivity contribution in [3.63, 3.8) is 0 Å². The molecule has 0 aliphatic rings. The molecule has 0 fully saturated rings. The normalized spacial score (nSPS) is 10.6. The monoisotopic (exact) mass is 389 g/mol. The molecule has 27 heavy (non-hydrogen) atoms. The SMILES string of the molecule is COc1ccc(COc2nc(OC)c(-c3ccc(Cl)n3C)c(OC)n2)cc1. The van der Waals surface area contributed by atoms with Crippen LogP contribution in [0.4, 0.5) is 0 Å². The minimum atomic E-state index is 0.156. The highest BCUT2D eigenvalue weighted by atomic mass is 35.5. The lowest BCUT2D eigenvalue weighted by Crippen LogP contribution is -2.06. The van der Waals surface area contributed by atoms with Gasteiger partial charge in [-0.05, 0) is 29.8 Å². The summed E-state index contributed by atoms with van der Waals surface area (Å²) in [6.07, 6.45) is 0. The minimum absolute atomic E-state index is 0.156.